The fourth-order valence-corrected chi connectivity index (χ4v) is 4.06. The molecule has 3 nitrogen and oxygen atoms in total. The number of piperidine rings is 1. The van der Waals surface area contributed by atoms with E-state index in [4.69, 9.17) is 17.0 Å². The number of thiocarbonyl (C=S) groups is 1. The van der Waals surface area contributed by atoms with E-state index in [0.29, 0.717) is 0 Å². The van der Waals surface area contributed by atoms with E-state index >= 15 is 0 Å². The summed E-state index contributed by atoms with van der Waals surface area (Å²) in [6.45, 7) is 3.06. The van der Waals surface area contributed by atoms with Gasteiger partial charge in [-0.2, -0.15) is 0 Å². The van der Waals surface area contributed by atoms with Crippen molar-refractivity contribution in [2.24, 2.45) is 11.8 Å². The number of ether oxygens (including phenoxy) is 1. The van der Waals surface area contributed by atoms with Gasteiger partial charge in [0.05, 0.1) is 7.11 Å². The van der Waals surface area contributed by atoms with E-state index in [2.05, 4.69) is 22.3 Å². The van der Waals surface area contributed by atoms with E-state index in [1.807, 2.05) is 12.1 Å². The molecule has 4 heteroatoms. The van der Waals surface area contributed by atoms with Gasteiger partial charge in [-0.15, -0.1) is 0 Å². The second kappa shape index (κ2) is 7.32. The minimum Gasteiger partial charge on any atom is -0.497 e. The summed E-state index contributed by atoms with van der Waals surface area (Å²) < 4.78 is 5.19. The zero-order chi connectivity index (χ0) is 15.4. The van der Waals surface area contributed by atoms with Crippen molar-refractivity contribution in [3.05, 3.63) is 29.8 Å². The van der Waals surface area contributed by atoms with E-state index in [0.717, 1.165) is 42.3 Å². The van der Waals surface area contributed by atoms with Gasteiger partial charge in [-0.05, 0) is 54.6 Å². The van der Waals surface area contributed by atoms with E-state index in [1.165, 1.54) is 37.7 Å². The summed E-state index contributed by atoms with van der Waals surface area (Å²) in [7, 11) is 1.69. The Morgan fingerprint density at radius 3 is 2.64 bits per heavy atom. The van der Waals surface area contributed by atoms with Crippen LogP contribution in [0.25, 0.3) is 0 Å². The van der Waals surface area contributed by atoms with Crippen LogP contribution in [0.5, 0.6) is 5.75 Å². The zero-order valence-corrected chi connectivity index (χ0v) is 14.2. The van der Waals surface area contributed by atoms with Gasteiger partial charge in [0.15, 0.2) is 5.11 Å². The maximum absolute atomic E-state index is 5.61. The molecule has 0 bridgehead atoms. The highest BCUT2D eigenvalue weighted by atomic mass is 32.1. The molecule has 120 valence electrons. The third kappa shape index (κ3) is 3.72. The van der Waals surface area contributed by atoms with Gasteiger partial charge in [0.1, 0.15) is 5.75 Å². The number of benzene rings is 1. The number of fused-ring (bicyclic) bond motifs is 1. The van der Waals surface area contributed by atoms with Crippen molar-refractivity contribution in [3.63, 3.8) is 0 Å². The number of nitrogens with zero attached hydrogens (tertiary/aromatic N) is 1. The van der Waals surface area contributed by atoms with E-state index in [9.17, 15) is 0 Å². The summed E-state index contributed by atoms with van der Waals surface area (Å²) in [5, 5.41) is 4.33. The van der Waals surface area contributed by atoms with Crippen molar-refractivity contribution >= 4 is 17.3 Å². The molecule has 0 radical (unpaired) electrons. The van der Waals surface area contributed by atoms with Gasteiger partial charge in [0, 0.05) is 19.6 Å². The molecule has 2 aliphatic rings. The van der Waals surface area contributed by atoms with Crippen LogP contribution in [0, 0.1) is 11.8 Å². The summed E-state index contributed by atoms with van der Waals surface area (Å²) in [5.74, 6) is 2.71. The molecule has 3 rings (SSSR count). The summed E-state index contributed by atoms with van der Waals surface area (Å²) in [6, 6.07) is 8.16. The van der Waals surface area contributed by atoms with Crippen LogP contribution in [0.3, 0.4) is 0 Å². The number of hydrogen-bond acceptors (Lipinski definition) is 2. The molecular formula is C18H26N2OS. The second-order valence-corrected chi connectivity index (χ2v) is 6.93. The van der Waals surface area contributed by atoms with Gasteiger partial charge in [0.25, 0.3) is 0 Å². The lowest BCUT2D eigenvalue weighted by Gasteiger charge is -2.42. The Kier molecular flexibility index (Phi) is 5.19. The van der Waals surface area contributed by atoms with Crippen molar-refractivity contribution in [1.29, 1.82) is 0 Å². The largest absolute Gasteiger partial charge is 0.497 e. The first-order valence-electron chi connectivity index (χ1n) is 8.42. The standard InChI is InChI=1S/C18H26N2OS/c1-21-17-8-6-14(7-9-17)12-19-18(22)20-11-10-15-4-2-3-5-16(15)13-20/h6-9,15-16H,2-5,10-13H2,1H3,(H,19,22)/t15-,16-/m1/s1. The zero-order valence-electron chi connectivity index (χ0n) is 13.4. The third-order valence-electron chi connectivity index (χ3n) is 5.18. The smallest absolute Gasteiger partial charge is 0.169 e. The maximum atomic E-state index is 5.61. The summed E-state index contributed by atoms with van der Waals surface area (Å²) in [5.41, 5.74) is 1.23. The van der Waals surface area contributed by atoms with Crippen LogP contribution < -0.4 is 10.1 Å². The summed E-state index contributed by atoms with van der Waals surface area (Å²) in [4.78, 5) is 2.38. The van der Waals surface area contributed by atoms with Crippen LogP contribution in [-0.4, -0.2) is 30.2 Å². The van der Waals surface area contributed by atoms with Gasteiger partial charge < -0.3 is 15.0 Å². The molecule has 1 aliphatic heterocycles. The van der Waals surface area contributed by atoms with Crippen LogP contribution in [-0.2, 0) is 6.54 Å². The average Bonchev–Trinajstić information content (AvgIpc) is 2.59. The molecule has 1 saturated carbocycles. The van der Waals surface area contributed by atoms with Crippen molar-refractivity contribution in [2.75, 3.05) is 20.2 Å². The lowest BCUT2D eigenvalue weighted by atomic mass is 9.75. The van der Waals surface area contributed by atoms with Crippen molar-refractivity contribution in [2.45, 2.75) is 38.6 Å². The molecule has 0 unspecified atom stereocenters. The molecule has 1 aliphatic carbocycles. The Morgan fingerprint density at radius 2 is 1.91 bits per heavy atom. The first-order valence-corrected chi connectivity index (χ1v) is 8.83. The van der Waals surface area contributed by atoms with Gasteiger partial charge in [-0.3, -0.25) is 0 Å². The van der Waals surface area contributed by atoms with Gasteiger partial charge in [-0.25, -0.2) is 0 Å². The second-order valence-electron chi connectivity index (χ2n) is 6.55. The number of rotatable bonds is 3. The minimum absolute atomic E-state index is 0.785. The highest BCUT2D eigenvalue weighted by Gasteiger charge is 2.31. The molecular weight excluding hydrogens is 292 g/mol. The van der Waals surface area contributed by atoms with Crippen molar-refractivity contribution < 1.29 is 4.74 Å². The first-order chi connectivity index (χ1) is 10.8. The molecule has 22 heavy (non-hydrogen) atoms. The minimum atomic E-state index is 0.785. The maximum Gasteiger partial charge on any atom is 0.169 e. The highest BCUT2D eigenvalue weighted by Crippen LogP contribution is 2.36. The monoisotopic (exact) mass is 318 g/mol. The number of methoxy groups -OCH3 is 1. The normalized spacial score (nSPS) is 24.5. The molecule has 1 aromatic rings. The van der Waals surface area contributed by atoms with Crippen molar-refractivity contribution in [3.8, 4) is 5.75 Å². The van der Waals surface area contributed by atoms with Gasteiger partial charge in [0.2, 0.25) is 0 Å². The molecule has 1 N–H and O–H groups in total. The molecule has 0 aromatic heterocycles. The van der Waals surface area contributed by atoms with Crippen LogP contribution in [0.2, 0.25) is 0 Å². The lowest BCUT2D eigenvalue weighted by molar-refractivity contribution is 0.129. The van der Waals surface area contributed by atoms with Crippen LogP contribution >= 0.6 is 12.2 Å². The fraction of sp³-hybridized carbons (Fsp3) is 0.611. The predicted molar refractivity (Wildman–Crippen MR) is 94.1 cm³/mol. The Balaban J connectivity index is 1.49. The Labute approximate surface area is 139 Å². The van der Waals surface area contributed by atoms with Crippen LogP contribution in [0.4, 0.5) is 0 Å². The quantitative estimate of drug-likeness (QED) is 0.861. The molecule has 1 saturated heterocycles. The lowest BCUT2D eigenvalue weighted by Crippen LogP contribution is -2.48. The molecule has 1 heterocycles. The van der Waals surface area contributed by atoms with E-state index in [1.54, 1.807) is 7.11 Å². The molecule has 2 atom stereocenters. The number of hydrogen-bond donors (Lipinski definition) is 1. The molecule has 0 spiro atoms. The Hall–Kier alpha value is -1.29. The SMILES string of the molecule is COc1ccc(CNC(=S)N2CC[C@H]3CCCC[C@@H]3C2)cc1. The Morgan fingerprint density at radius 1 is 1.18 bits per heavy atom. The number of nitrogens with one attached hydrogen (secondary N) is 1. The van der Waals surface area contributed by atoms with Gasteiger partial charge in [-0.1, -0.05) is 31.4 Å². The molecule has 2 fully saturated rings. The fourth-order valence-electron chi connectivity index (χ4n) is 3.82. The average molecular weight is 318 g/mol. The van der Waals surface area contributed by atoms with Crippen LogP contribution in [0.15, 0.2) is 24.3 Å². The van der Waals surface area contributed by atoms with E-state index < -0.39 is 0 Å². The summed E-state index contributed by atoms with van der Waals surface area (Å²) in [6.07, 6.45) is 6.98. The third-order valence-corrected chi connectivity index (χ3v) is 5.58. The number of likely N-dealkylation sites (tertiary alicyclic amines) is 1. The van der Waals surface area contributed by atoms with Crippen LogP contribution in [0.1, 0.15) is 37.7 Å². The molecule has 1 aromatic carbocycles. The van der Waals surface area contributed by atoms with Gasteiger partial charge >= 0.3 is 0 Å². The van der Waals surface area contributed by atoms with E-state index in [-0.39, 0.29) is 0 Å². The highest BCUT2D eigenvalue weighted by molar-refractivity contribution is 7.80. The summed E-state index contributed by atoms with van der Waals surface area (Å²) >= 11 is 5.61. The topological polar surface area (TPSA) is 24.5 Å². The molecule has 0 amide bonds. The Bertz CT molecular complexity index is 502. The first kappa shape index (κ1) is 15.6. The van der Waals surface area contributed by atoms with Crippen molar-refractivity contribution in [1.82, 2.24) is 10.2 Å². The predicted octanol–water partition coefficient (Wildman–Crippen LogP) is 3.58.